The molecule has 1 heterocycles. The van der Waals surface area contributed by atoms with Crippen molar-refractivity contribution in [2.24, 2.45) is 0 Å². The predicted octanol–water partition coefficient (Wildman–Crippen LogP) is 6.59. The topological polar surface area (TPSA) is 28.7 Å². The third-order valence-corrected chi connectivity index (χ3v) is 4.98. The lowest BCUT2D eigenvalue weighted by Gasteiger charge is -2.04. The molecule has 0 amide bonds. The number of hydrogen-bond acceptors (Lipinski definition) is 1. The van der Waals surface area contributed by atoms with Crippen molar-refractivity contribution in [1.82, 2.24) is 9.97 Å². The molecule has 0 saturated carbocycles. The van der Waals surface area contributed by atoms with Gasteiger partial charge in [0.2, 0.25) is 0 Å². The molecule has 118 valence electrons. The molecule has 1 N–H and O–H groups in total. The van der Waals surface area contributed by atoms with Crippen molar-refractivity contribution < 1.29 is 0 Å². The zero-order valence-corrected chi connectivity index (χ0v) is 15.2. The number of nitrogens with zero attached hydrogens (tertiary/aromatic N) is 1. The summed E-state index contributed by atoms with van der Waals surface area (Å²) < 4.78 is 0. The molecule has 3 aromatic rings. The van der Waals surface area contributed by atoms with Crippen molar-refractivity contribution >= 4 is 46.4 Å². The van der Waals surface area contributed by atoms with Gasteiger partial charge in [0.05, 0.1) is 15.7 Å². The molecule has 2 nitrogen and oxygen atoms in total. The molecule has 0 aliphatic heterocycles. The summed E-state index contributed by atoms with van der Waals surface area (Å²) in [4.78, 5) is 7.93. The third-order valence-electron chi connectivity index (χ3n) is 3.53. The Morgan fingerprint density at radius 3 is 2.26 bits per heavy atom. The first-order valence-corrected chi connectivity index (χ1v) is 8.40. The molecular formula is C17H12Cl4N2. The number of H-pyrrole nitrogens is 1. The van der Waals surface area contributed by atoms with E-state index >= 15 is 0 Å². The van der Waals surface area contributed by atoms with Gasteiger partial charge in [-0.15, -0.1) is 0 Å². The van der Waals surface area contributed by atoms with Crippen LogP contribution in [0.1, 0.15) is 17.1 Å². The maximum Gasteiger partial charge on any atom is 0.111 e. The molecule has 0 aliphatic rings. The molecule has 23 heavy (non-hydrogen) atoms. The number of hydrogen-bond donors (Lipinski definition) is 1. The van der Waals surface area contributed by atoms with E-state index in [1.165, 1.54) is 0 Å². The van der Waals surface area contributed by atoms with Crippen LogP contribution in [-0.4, -0.2) is 9.97 Å². The van der Waals surface area contributed by atoms with Crippen LogP contribution in [-0.2, 0) is 6.42 Å². The van der Waals surface area contributed by atoms with Crippen LogP contribution in [0.2, 0.25) is 20.1 Å². The van der Waals surface area contributed by atoms with Gasteiger partial charge in [-0.1, -0.05) is 58.5 Å². The zero-order chi connectivity index (χ0) is 16.6. The summed E-state index contributed by atoms with van der Waals surface area (Å²) in [6.07, 6.45) is 0.528. The minimum absolute atomic E-state index is 0.502. The maximum absolute atomic E-state index is 6.22. The van der Waals surface area contributed by atoms with E-state index in [4.69, 9.17) is 46.4 Å². The van der Waals surface area contributed by atoms with Gasteiger partial charge in [0.15, 0.2) is 0 Å². The summed E-state index contributed by atoms with van der Waals surface area (Å²) in [5.41, 5.74) is 3.54. The average molecular weight is 386 g/mol. The fourth-order valence-electron chi connectivity index (χ4n) is 2.40. The Hall–Kier alpha value is -1.19. The molecule has 6 heteroatoms. The molecule has 3 rings (SSSR count). The third kappa shape index (κ3) is 3.51. The van der Waals surface area contributed by atoms with E-state index in [9.17, 15) is 0 Å². The highest BCUT2D eigenvalue weighted by Crippen LogP contribution is 2.31. The van der Waals surface area contributed by atoms with Gasteiger partial charge in [-0.25, -0.2) is 4.98 Å². The molecule has 0 radical (unpaired) electrons. The van der Waals surface area contributed by atoms with Crippen molar-refractivity contribution in [3.05, 3.63) is 73.6 Å². The largest absolute Gasteiger partial charge is 0.345 e. The molecule has 0 unspecified atom stereocenters. The van der Waals surface area contributed by atoms with Gasteiger partial charge in [0.1, 0.15) is 5.82 Å². The maximum atomic E-state index is 6.22. The smallest absolute Gasteiger partial charge is 0.111 e. The normalized spacial score (nSPS) is 11.0. The molecule has 0 bridgehead atoms. The van der Waals surface area contributed by atoms with E-state index in [-0.39, 0.29) is 0 Å². The minimum Gasteiger partial charge on any atom is -0.345 e. The highest BCUT2D eigenvalue weighted by atomic mass is 35.5. The first-order chi connectivity index (χ1) is 11.0. The predicted molar refractivity (Wildman–Crippen MR) is 98.0 cm³/mol. The first kappa shape index (κ1) is 16.7. The number of benzene rings is 2. The van der Waals surface area contributed by atoms with Crippen LogP contribution >= 0.6 is 46.4 Å². The highest BCUT2D eigenvalue weighted by molar-refractivity contribution is 6.42. The lowest BCUT2D eigenvalue weighted by atomic mass is 10.1. The second-order valence-electron chi connectivity index (χ2n) is 5.16. The van der Waals surface area contributed by atoms with Gasteiger partial charge in [0, 0.05) is 27.7 Å². The number of rotatable bonds is 3. The summed E-state index contributed by atoms with van der Waals surface area (Å²) in [6, 6.07) is 10.9. The summed E-state index contributed by atoms with van der Waals surface area (Å²) in [6.45, 7) is 1.96. The van der Waals surface area contributed by atoms with Crippen molar-refractivity contribution in [2.45, 2.75) is 13.3 Å². The Kier molecular flexibility index (Phi) is 4.88. The summed E-state index contributed by atoms with van der Waals surface area (Å²) in [5, 5.41) is 2.28. The van der Waals surface area contributed by atoms with E-state index in [0.717, 1.165) is 28.3 Å². The minimum atomic E-state index is 0.502. The van der Waals surface area contributed by atoms with Crippen molar-refractivity contribution in [3.63, 3.8) is 0 Å². The second kappa shape index (κ2) is 6.74. The van der Waals surface area contributed by atoms with Gasteiger partial charge in [-0.2, -0.15) is 0 Å². The van der Waals surface area contributed by atoms with E-state index in [2.05, 4.69) is 9.97 Å². The van der Waals surface area contributed by atoms with Gasteiger partial charge in [-0.05, 0) is 36.8 Å². The Labute approximate surface area is 154 Å². The molecule has 2 aromatic carbocycles. The first-order valence-electron chi connectivity index (χ1n) is 6.89. The number of aromatic nitrogens is 2. The number of aryl methyl sites for hydroxylation is 1. The average Bonchev–Trinajstić information content (AvgIpc) is 2.87. The van der Waals surface area contributed by atoms with Crippen molar-refractivity contribution in [1.29, 1.82) is 0 Å². The van der Waals surface area contributed by atoms with E-state index in [1.807, 2.05) is 31.2 Å². The number of imidazole rings is 1. The van der Waals surface area contributed by atoms with Gasteiger partial charge in [0.25, 0.3) is 0 Å². The van der Waals surface area contributed by atoms with E-state index in [0.29, 0.717) is 26.5 Å². The van der Waals surface area contributed by atoms with Crippen LogP contribution in [0.5, 0.6) is 0 Å². The van der Waals surface area contributed by atoms with Crippen molar-refractivity contribution in [2.75, 3.05) is 0 Å². The van der Waals surface area contributed by atoms with E-state index in [1.54, 1.807) is 12.1 Å². The zero-order valence-electron chi connectivity index (χ0n) is 12.1. The molecule has 0 fully saturated rings. The standard InChI is InChI=1S/C17H12Cl4N2/c1-9-17(10-5-6-14(20)15(21)7-10)23-16(22-9)8-11-12(18)3-2-4-13(11)19/h2-7H,8H2,1H3,(H,22,23). The quantitative estimate of drug-likeness (QED) is 0.541. The summed E-state index contributed by atoms with van der Waals surface area (Å²) >= 11 is 24.5. The van der Waals surface area contributed by atoms with Crippen LogP contribution in [0.25, 0.3) is 11.3 Å². The van der Waals surface area contributed by atoms with Gasteiger partial charge >= 0.3 is 0 Å². The van der Waals surface area contributed by atoms with Crippen molar-refractivity contribution in [3.8, 4) is 11.3 Å². The molecule has 0 saturated heterocycles. The van der Waals surface area contributed by atoms with Crippen LogP contribution in [0.15, 0.2) is 36.4 Å². The lowest BCUT2D eigenvalue weighted by Crippen LogP contribution is -1.93. The van der Waals surface area contributed by atoms with E-state index < -0.39 is 0 Å². The van der Waals surface area contributed by atoms with Crippen LogP contribution < -0.4 is 0 Å². The SMILES string of the molecule is Cc1[nH]c(Cc2c(Cl)cccc2Cl)nc1-c1ccc(Cl)c(Cl)c1. The second-order valence-corrected chi connectivity index (χ2v) is 6.79. The fraction of sp³-hybridized carbons (Fsp3) is 0.118. The van der Waals surface area contributed by atoms with Gasteiger partial charge in [-0.3, -0.25) is 0 Å². The molecule has 1 aromatic heterocycles. The number of nitrogens with one attached hydrogen (secondary N) is 1. The molecule has 0 aliphatic carbocycles. The van der Waals surface area contributed by atoms with Crippen LogP contribution in [0, 0.1) is 6.92 Å². The number of halogens is 4. The Balaban J connectivity index is 1.96. The van der Waals surface area contributed by atoms with Gasteiger partial charge < -0.3 is 4.98 Å². The number of aromatic amines is 1. The fourth-order valence-corrected chi connectivity index (χ4v) is 3.23. The summed E-state index contributed by atoms with van der Waals surface area (Å²) in [5.74, 6) is 0.790. The molecule has 0 spiro atoms. The Morgan fingerprint density at radius 1 is 0.913 bits per heavy atom. The lowest BCUT2D eigenvalue weighted by molar-refractivity contribution is 1.02. The molecular weight excluding hydrogens is 374 g/mol. The van der Waals surface area contributed by atoms with Crippen LogP contribution in [0.4, 0.5) is 0 Å². The highest BCUT2D eigenvalue weighted by Gasteiger charge is 2.13. The summed E-state index contributed by atoms with van der Waals surface area (Å²) in [7, 11) is 0. The Bertz CT molecular complexity index is 851. The van der Waals surface area contributed by atoms with Crippen LogP contribution in [0.3, 0.4) is 0 Å². The Morgan fingerprint density at radius 2 is 1.61 bits per heavy atom. The molecule has 0 atom stereocenters. The monoisotopic (exact) mass is 384 g/mol.